The molecule has 5 nitrogen and oxygen atoms in total. The number of hydrogen-bond acceptors (Lipinski definition) is 4. The summed E-state index contributed by atoms with van der Waals surface area (Å²) in [5.41, 5.74) is 1.35. The van der Waals surface area contributed by atoms with Gasteiger partial charge in [-0.15, -0.1) is 11.3 Å². The van der Waals surface area contributed by atoms with E-state index >= 15 is 0 Å². The van der Waals surface area contributed by atoms with E-state index in [4.69, 9.17) is 4.74 Å². The van der Waals surface area contributed by atoms with Crippen molar-refractivity contribution >= 4 is 17.3 Å². The Morgan fingerprint density at radius 3 is 2.59 bits per heavy atom. The molecular formula is C20H27F3N4OS. The number of benzene rings is 1. The Balaban J connectivity index is 1.92. The Labute approximate surface area is 173 Å². The summed E-state index contributed by atoms with van der Waals surface area (Å²) in [7, 11) is 0. The van der Waals surface area contributed by atoms with Crippen LogP contribution in [0.2, 0.25) is 0 Å². The Bertz CT molecular complexity index is 777. The average Bonchev–Trinajstić information content (AvgIpc) is 3.17. The molecule has 0 radical (unpaired) electrons. The minimum atomic E-state index is -4.40. The van der Waals surface area contributed by atoms with Crippen LogP contribution in [0.15, 0.2) is 34.6 Å². The van der Waals surface area contributed by atoms with E-state index < -0.39 is 11.9 Å². The zero-order chi connectivity index (χ0) is 21.1. The lowest BCUT2D eigenvalue weighted by atomic mass is 10.1. The van der Waals surface area contributed by atoms with Gasteiger partial charge in [0, 0.05) is 31.5 Å². The molecule has 9 heteroatoms. The van der Waals surface area contributed by atoms with Crippen molar-refractivity contribution in [3.63, 3.8) is 0 Å². The van der Waals surface area contributed by atoms with Crippen molar-refractivity contribution < 1.29 is 17.9 Å². The maximum absolute atomic E-state index is 12.6. The van der Waals surface area contributed by atoms with Gasteiger partial charge in [-0.05, 0) is 24.5 Å². The number of aliphatic imine (C=N–C) groups is 1. The van der Waals surface area contributed by atoms with Gasteiger partial charge >= 0.3 is 6.18 Å². The molecule has 2 N–H and O–H groups in total. The number of rotatable bonds is 10. The van der Waals surface area contributed by atoms with Crippen LogP contribution in [0.3, 0.4) is 0 Å². The van der Waals surface area contributed by atoms with Crippen LogP contribution >= 0.6 is 11.3 Å². The van der Waals surface area contributed by atoms with E-state index in [1.54, 1.807) is 0 Å². The topological polar surface area (TPSA) is 58.5 Å². The molecule has 0 unspecified atom stereocenters. The van der Waals surface area contributed by atoms with Crippen molar-refractivity contribution in [3.8, 4) is 0 Å². The first-order chi connectivity index (χ1) is 13.9. The van der Waals surface area contributed by atoms with Crippen LogP contribution in [0.5, 0.6) is 0 Å². The fraction of sp³-hybridized carbons (Fsp3) is 0.500. The largest absolute Gasteiger partial charge is 0.434 e. The van der Waals surface area contributed by atoms with E-state index in [0.29, 0.717) is 50.2 Å². The molecule has 0 saturated carbocycles. The number of nitrogens with zero attached hydrogens (tertiary/aromatic N) is 2. The molecule has 0 amide bonds. The summed E-state index contributed by atoms with van der Waals surface area (Å²) in [4.78, 5) is 8.23. The first-order valence-electron chi connectivity index (χ1n) is 9.62. The molecule has 1 heterocycles. The van der Waals surface area contributed by atoms with Gasteiger partial charge in [0.1, 0.15) is 0 Å². The highest BCUT2D eigenvalue weighted by atomic mass is 32.1. The summed E-state index contributed by atoms with van der Waals surface area (Å²) in [6, 6.07) is 7.99. The molecule has 2 rings (SSSR count). The molecule has 1 aromatic carbocycles. The molecule has 1 aromatic heterocycles. The first kappa shape index (κ1) is 23.2. The lowest BCUT2D eigenvalue weighted by Crippen LogP contribution is -2.38. The van der Waals surface area contributed by atoms with Crippen molar-refractivity contribution in [1.29, 1.82) is 0 Å². The second kappa shape index (κ2) is 11.8. The third kappa shape index (κ3) is 8.02. The minimum absolute atomic E-state index is 0.395. The molecule has 0 atom stereocenters. The van der Waals surface area contributed by atoms with Crippen molar-refractivity contribution in [2.75, 3.05) is 19.7 Å². The third-order valence-electron chi connectivity index (χ3n) is 3.95. The highest BCUT2D eigenvalue weighted by molar-refractivity contribution is 7.09. The normalized spacial score (nSPS) is 12.2. The molecule has 0 fully saturated rings. The zero-order valence-corrected chi connectivity index (χ0v) is 17.5. The van der Waals surface area contributed by atoms with Gasteiger partial charge in [0.05, 0.1) is 18.2 Å². The average molecular weight is 429 g/mol. The lowest BCUT2D eigenvalue weighted by molar-refractivity contribution is -0.140. The predicted octanol–water partition coefficient (Wildman–Crippen LogP) is 4.39. The van der Waals surface area contributed by atoms with Crippen molar-refractivity contribution in [2.24, 2.45) is 4.99 Å². The van der Waals surface area contributed by atoms with E-state index in [1.165, 1.54) is 0 Å². The monoisotopic (exact) mass is 428 g/mol. The SMILES string of the molecule is CCCOCc1ccccc1CN=C(NCC)NCCc1nc(C(F)(F)F)cs1. The van der Waals surface area contributed by atoms with E-state index in [-0.39, 0.29) is 0 Å². The van der Waals surface area contributed by atoms with Crippen molar-refractivity contribution in [1.82, 2.24) is 15.6 Å². The van der Waals surface area contributed by atoms with Crippen LogP contribution in [0, 0.1) is 0 Å². The van der Waals surface area contributed by atoms with E-state index in [0.717, 1.165) is 34.3 Å². The van der Waals surface area contributed by atoms with Gasteiger partial charge in [-0.3, -0.25) is 0 Å². The highest BCUT2D eigenvalue weighted by Gasteiger charge is 2.33. The number of nitrogens with one attached hydrogen (secondary N) is 2. The molecule has 2 aromatic rings. The summed E-state index contributed by atoms with van der Waals surface area (Å²) in [6.07, 6.45) is -3.03. The summed E-state index contributed by atoms with van der Waals surface area (Å²) in [5.74, 6) is 0.615. The second-order valence-corrected chi connectivity index (χ2v) is 7.26. The maximum atomic E-state index is 12.6. The third-order valence-corrected chi connectivity index (χ3v) is 4.86. The number of thiazole rings is 1. The Morgan fingerprint density at radius 2 is 1.93 bits per heavy atom. The van der Waals surface area contributed by atoms with Crippen LogP contribution in [0.1, 0.15) is 42.1 Å². The smallest absolute Gasteiger partial charge is 0.377 e. The van der Waals surface area contributed by atoms with Gasteiger partial charge in [0.2, 0.25) is 0 Å². The Kier molecular flexibility index (Phi) is 9.40. The van der Waals surface area contributed by atoms with Gasteiger partial charge in [-0.25, -0.2) is 9.98 Å². The van der Waals surface area contributed by atoms with Gasteiger partial charge in [-0.2, -0.15) is 13.2 Å². The second-order valence-electron chi connectivity index (χ2n) is 6.32. The number of hydrogen-bond donors (Lipinski definition) is 2. The Hall–Kier alpha value is -2.13. The standard InChI is InChI=1S/C20H27F3N4OS/c1-3-11-28-13-16-8-6-5-7-15(16)12-26-19(24-4-2)25-10-9-18-27-17(14-29-18)20(21,22)23/h5-8,14H,3-4,9-13H2,1-2H3,(H2,24,25,26). The van der Waals surface area contributed by atoms with Gasteiger partial charge in [0.15, 0.2) is 11.7 Å². The van der Waals surface area contributed by atoms with Crippen molar-refractivity contribution in [3.05, 3.63) is 51.5 Å². The summed E-state index contributed by atoms with van der Waals surface area (Å²) in [6.45, 7) is 6.90. The van der Waals surface area contributed by atoms with Gasteiger partial charge in [0.25, 0.3) is 0 Å². The van der Waals surface area contributed by atoms with Crippen molar-refractivity contribution in [2.45, 2.75) is 46.0 Å². The fourth-order valence-corrected chi connectivity index (χ4v) is 3.33. The number of halogens is 3. The quantitative estimate of drug-likeness (QED) is 0.335. The van der Waals surface area contributed by atoms with Gasteiger partial charge in [-0.1, -0.05) is 31.2 Å². The molecular weight excluding hydrogens is 401 g/mol. The molecule has 0 saturated heterocycles. The Morgan fingerprint density at radius 1 is 1.17 bits per heavy atom. The molecule has 0 bridgehead atoms. The summed E-state index contributed by atoms with van der Waals surface area (Å²) in [5, 5.41) is 7.79. The maximum Gasteiger partial charge on any atom is 0.434 e. The van der Waals surface area contributed by atoms with E-state index in [9.17, 15) is 13.2 Å². The zero-order valence-electron chi connectivity index (χ0n) is 16.7. The van der Waals surface area contributed by atoms with Crippen LogP contribution in [0.25, 0.3) is 0 Å². The van der Waals surface area contributed by atoms with E-state index in [2.05, 4.69) is 27.5 Å². The summed E-state index contributed by atoms with van der Waals surface area (Å²) >= 11 is 1.02. The highest BCUT2D eigenvalue weighted by Crippen LogP contribution is 2.30. The van der Waals surface area contributed by atoms with Crippen LogP contribution in [-0.4, -0.2) is 30.6 Å². The number of aromatic nitrogens is 1. The number of guanidine groups is 1. The van der Waals surface area contributed by atoms with Crippen LogP contribution in [-0.2, 0) is 30.5 Å². The molecule has 29 heavy (non-hydrogen) atoms. The predicted molar refractivity (Wildman–Crippen MR) is 110 cm³/mol. The minimum Gasteiger partial charge on any atom is -0.377 e. The lowest BCUT2D eigenvalue weighted by Gasteiger charge is -2.12. The molecule has 0 spiro atoms. The summed E-state index contributed by atoms with van der Waals surface area (Å²) < 4.78 is 43.5. The molecule has 0 aliphatic rings. The first-order valence-corrected chi connectivity index (χ1v) is 10.5. The number of ether oxygens (including phenoxy) is 1. The molecule has 0 aliphatic heterocycles. The fourth-order valence-electron chi connectivity index (χ4n) is 2.53. The molecule has 0 aliphatic carbocycles. The number of alkyl halides is 3. The van der Waals surface area contributed by atoms with E-state index in [1.807, 2.05) is 31.2 Å². The van der Waals surface area contributed by atoms with Crippen LogP contribution < -0.4 is 10.6 Å². The van der Waals surface area contributed by atoms with Gasteiger partial charge < -0.3 is 15.4 Å². The molecule has 160 valence electrons. The van der Waals surface area contributed by atoms with Crippen LogP contribution in [0.4, 0.5) is 13.2 Å².